The fourth-order valence-electron chi connectivity index (χ4n) is 1.58. The summed E-state index contributed by atoms with van der Waals surface area (Å²) in [5, 5.41) is 6.33. The summed E-state index contributed by atoms with van der Waals surface area (Å²) in [5.41, 5.74) is 0. The lowest BCUT2D eigenvalue weighted by Crippen LogP contribution is -2.41. The number of methoxy groups -OCH3 is 1. The van der Waals surface area contributed by atoms with Gasteiger partial charge in [-0.05, 0) is 26.0 Å². The van der Waals surface area contributed by atoms with Gasteiger partial charge in [-0.3, -0.25) is 4.99 Å². The zero-order chi connectivity index (χ0) is 14.1. The molecular weight excluding hydrogens is 369 g/mol. The molecule has 20 heavy (non-hydrogen) atoms. The van der Waals surface area contributed by atoms with E-state index in [0.717, 1.165) is 24.0 Å². The smallest absolute Gasteiger partial charge is 0.191 e. The minimum atomic E-state index is 0. The Morgan fingerprint density at radius 2 is 2.00 bits per heavy atom. The summed E-state index contributed by atoms with van der Waals surface area (Å²) in [4.78, 5) is 4.10. The Labute approximate surface area is 138 Å². The molecule has 0 amide bonds. The molecule has 0 saturated carbocycles. The quantitative estimate of drug-likeness (QED) is 0.442. The molecule has 5 nitrogen and oxygen atoms in total. The molecule has 0 bridgehead atoms. The van der Waals surface area contributed by atoms with E-state index in [4.69, 9.17) is 9.47 Å². The molecule has 1 aromatic rings. The Morgan fingerprint density at radius 1 is 1.30 bits per heavy atom. The van der Waals surface area contributed by atoms with Gasteiger partial charge in [0.25, 0.3) is 0 Å². The van der Waals surface area contributed by atoms with Crippen LogP contribution in [0.1, 0.15) is 13.8 Å². The summed E-state index contributed by atoms with van der Waals surface area (Å²) >= 11 is 0. The van der Waals surface area contributed by atoms with Crippen molar-refractivity contribution < 1.29 is 9.47 Å². The largest absolute Gasteiger partial charge is 0.497 e. The topological polar surface area (TPSA) is 54.9 Å². The van der Waals surface area contributed by atoms with E-state index in [2.05, 4.69) is 15.6 Å². The van der Waals surface area contributed by atoms with Crippen LogP contribution in [0, 0.1) is 0 Å². The molecule has 0 fully saturated rings. The maximum Gasteiger partial charge on any atom is 0.191 e. The Kier molecular flexibility index (Phi) is 9.96. The van der Waals surface area contributed by atoms with Crippen molar-refractivity contribution in [2.24, 2.45) is 4.99 Å². The van der Waals surface area contributed by atoms with Crippen molar-refractivity contribution >= 4 is 29.9 Å². The van der Waals surface area contributed by atoms with Crippen molar-refractivity contribution in [3.8, 4) is 11.5 Å². The average molecular weight is 393 g/mol. The highest BCUT2D eigenvalue weighted by Crippen LogP contribution is 2.19. The summed E-state index contributed by atoms with van der Waals surface area (Å²) in [5.74, 6) is 2.37. The summed E-state index contributed by atoms with van der Waals surface area (Å²) in [6.07, 6.45) is 0.0301. The highest BCUT2D eigenvalue weighted by molar-refractivity contribution is 14.0. The van der Waals surface area contributed by atoms with Crippen LogP contribution in [0.5, 0.6) is 11.5 Å². The van der Waals surface area contributed by atoms with Gasteiger partial charge >= 0.3 is 0 Å². The van der Waals surface area contributed by atoms with Crippen LogP contribution in [-0.2, 0) is 0 Å². The zero-order valence-electron chi connectivity index (χ0n) is 12.5. The number of nitrogens with one attached hydrogen (secondary N) is 2. The van der Waals surface area contributed by atoms with Crippen LogP contribution >= 0.6 is 24.0 Å². The summed E-state index contributed by atoms with van der Waals surface area (Å²) in [7, 11) is 3.39. The Hall–Kier alpha value is -1.18. The summed E-state index contributed by atoms with van der Waals surface area (Å²) < 4.78 is 11.0. The third-order valence-electron chi connectivity index (χ3n) is 2.50. The van der Waals surface area contributed by atoms with Gasteiger partial charge in [0.1, 0.15) is 17.6 Å². The Bertz CT molecular complexity index is 413. The van der Waals surface area contributed by atoms with Crippen LogP contribution in [0.25, 0.3) is 0 Å². The van der Waals surface area contributed by atoms with Crippen LogP contribution in [0.15, 0.2) is 29.3 Å². The minimum absolute atomic E-state index is 0. The van der Waals surface area contributed by atoms with E-state index in [1.807, 2.05) is 38.1 Å². The number of hydrogen-bond donors (Lipinski definition) is 2. The summed E-state index contributed by atoms with van der Waals surface area (Å²) in [6, 6.07) is 7.59. The third kappa shape index (κ3) is 6.83. The molecule has 1 unspecified atom stereocenters. The van der Waals surface area contributed by atoms with Crippen LogP contribution in [0.3, 0.4) is 0 Å². The van der Waals surface area contributed by atoms with Crippen LogP contribution in [0.2, 0.25) is 0 Å². The van der Waals surface area contributed by atoms with E-state index in [1.165, 1.54) is 0 Å². The van der Waals surface area contributed by atoms with E-state index >= 15 is 0 Å². The molecule has 1 rings (SSSR count). The van der Waals surface area contributed by atoms with Crippen LogP contribution in [-0.4, -0.2) is 39.3 Å². The minimum Gasteiger partial charge on any atom is -0.497 e. The SMILES string of the molecule is CCNC(=NC)NCC(C)Oc1cccc(OC)c1.I. The van der Waals surface area contributed by atoms with Crippen molar-refractivity contribution in [2.45, 2.75) is 20.0 Å². The molecule has 1 atom stereocenters. The van der Waals surface area contributed by atoms with E-state index in [1.54, 1.807) is 14.2 Å². The second-order valence-corrected chi connectivity index (χ2v) is 4.09. The third-order valence-corrected chi connectivity index (χ3v) is 2.50. The highest BCUT2D eigenvalue weighted by atomic mass is 127. The lowest BCUT2D eigenvalue weighted by Gasteiger charge is -2.17. The molecule has 2 N–H and O–H groups in total. The van der Waals surface area contributed by atoms with Gasteiger partial charge in [0.2, 0.25) is 0 Å². The normalized spacial score (nSPS) is 12.1. The van der Waals surface area contributed by atoms with Gasteiger partial charge in [-0.25, -0.2) is 0 Å². The van der Waals surface area contributed by atoms with Crippen molar-refractivity contribution in [2.75, 3.05) is 27.2 Å². The number of guanidine groups is 1. The molecular formula is C14H24IN3O2. The average Bonchev–Trinajstić information content (AvgIpc) is 2.43. The first-order valence-corrected chi connectivity index (χ1v) is 6.44. The molecule has 1 aromatic carbocycles. The standard InChI is InChI=1S/C14H23N3O2.HI/c1-5-16-14(15-3)17-10-11(2)19-13-8-6-7-12(9-13)18-4;/h6-9,11H,5,10H2,1-4H3,(H2,15,16,17);1H. The fraction of sp³-hybridized carbons (Fsp3) is 0.500. The predicted octanol–water partition coefficient (Wildman–Crippen LogP) is 2.27. The van der Waals surface area contributed by atoms with Crippen LogP contribution < -0.4 is 20.1 Å². The monoisotopic (exact) mass is 393 g/mol. The molecule has 0 radical (unpaired) electrons. The van der Waals surface area contributed by atoms with Gasteiger partial charge in [0.05, 0.1) is 13.7 Å². The van der Waals surface area contributed by atoms with Crippen molar-refractivity contribution in [3.05, 3.63) is 24.3 Å². The molecule has 0 aliphatic heterocycles. The van der Waals surface area contributed by atoms with Crippen LogP contribution in [0.4, 0.5) is 0 Å². The fourth-order valence-corrected chi connectivity index (χ4v) is 1.58. The van der Waals surface area contributed by atoms with Crippen molar-refractivity contribution in [1.29, 1.82) is 0 Å². The van der Waals surface area contributed by atoms with E-state index < -0.39 is 0 Å². The molecule has 0 spiro atoms. The summed E-state index contributed by atoms with van der Waals surface area (Å²) in [6.45, 7) is 5.55. The van der Waals surface area contributed by atoms with E-state index in [-0.39, 0.29) is 30.1 Å². The highest BCUT2D eigenvalue weighted by Gasteiger charge is 2.06. The first-order valence-electron chi connectivity index (χ1n) is 6.44. The number of hydrogen-bond acceptors (Lipinski definition) is 3. The van der Waals surface area contributed by atoms with Gasteiger partial charge in [-0.1, -0.05) is 6.07 Å². The molecule has 0 saturated heterocycles. The Morgan fingerprint density at radius 3 is 2.60 bits per heavy atom. The lowest BCUT2D eigenvalue weighted by molar-refractivity contribution is 0.223. The molecule has 0 aromatic heterocycles. The number of halogens is 1. The maximum atomic E-state index is 5.80. The number of ether oxygens (including phenoxy) is 2. The molecule has 6 heteroatoms. The van der Waals surface area contributed by atoms with Gasteiger partial charge in [-0.2, -0.15) is 0 Å². The zero-order valence-corrected chi connectivity index (χ0v) is 14.8. The molecule has 114 valence electrons. The molecule has 0 aliphatic carbocycles. The number of nitrogens with zero attached hydrogens (tertiary/aromatic N) is 1. The van der Waals surface area contributed by atoms with Crippen molar-refractivity contribution in [3.63, 3.8) is 0 Å². The number of rotatable bonds is 6. The first-order chi connectivity index (χ1) is 9.19. The van der Waals surface area contributed by atoms with Gasteiger partial charge < -0.3 is 20.1 Å². The molecule has 0 aliphatic rings. The van der Waals surface area contributed by atoms with Gasteiger partial charge in [0.15, 0.2) is 5.96 Å². The van der Waals surface area contributed by atoms with Crippen molar-refractivity contribution in [1.82, 2.24) is 10.6 Å². The first kappa shape index (κ1) is 18.8. The number of benzene rings is 1. The van der Waals surface area contributed by atoms with E-state index in [0.29, 0.717) is 6.54 Å². The maximum absolute atomic E-state index is 5.80. The van der Waals surface area contributed by atoms with Gasteiger partial charge in [-0.15, -0.1) is 24.0 Å². The molecule has 0 heterocycles. The second kappa shape index (κ2) is 10.6. The van der Waals surface area contributed by atoms with Gasteiger partial charge in [0, 0.05) is 19.7 Å². The predicted molar refractivity (Wildman–Crippen MR) is 93.5 cm³/mol. The van der Waals surface area contributed by atoms with E-state index in [9.17, 15) is 0 Å². The lowest BCUT2D eigenvalue weighted by atomic mass is 10.3. The Balaban J connectivity index is 0.00000361. The second-order valence-electron chi connectivity index (χ2n) is 4.09. The number of aliphatic imine (C=N–C) groups is 1.